The molecule has 1 heterocycles. The molecule has 232 valence electrons. The van der Waals surface area contributed by atoms with Crippen molar-refractivity contribution >= 4 is 29.1 Å². The zero-order valence-corrected chi connectivity index (χ0v) is 25.1. The average Bonchev–Trinajstić information content (AvgIpc) is 2.97. The Morgan fingerprint density at radius 3 is 2.56 bits per heavy atom. The Kier molecular flexibility index (Phi) is 8.90. The Morgan fingerprint density at radius 1 is 1.16 bits per heavy atom. The van der Waals surface area contributed by atoms with Gasteiger partial charge in [-0.05, 0) is 25.2 Å². The molecule has 0 saturated carbocycles. The highest BCUT2D eigenvalue weighted by Crippen LogP contribution is 2.52. The number of hydrogen-bond donors (Lipinski definition) is 5. The van der Waals surface area contributed by atoms with Crippen LogP contribution in [-0.2, 0) is 20.7 Å². The summed E-state index contributed by atoms with van der Waals surface area (Å²) >= 11 is 1.38. The molecule has 43 heavy (non-hydrogen) atoms. The Labute approximate surface area is 253 Å². The predicted octanol–water partition coefficient (Wildman–Crippen LogP) is 2.54. The number of Topliss-reactive ketones (excluding diaryl/α,β-unsaturated/α-hetero) is 1. The SMILES string of the molecule is CCCCSCC(=O)[C@]1(O)Cc2c(O)c3c(c(O)c2[C@@H](OC2CC(N)C(O)C(C)O2)C1)C(=O)c1c(OC)cccc1C3=O. The van der Waals surface area contributed by atoms with Crippen molar-refractivity contribution in [2.45, 2.75) is 82.2 Å². The predicted molar refractivity (Wildman–Crippen MR) is 157 cm³/mol. The molecule has 4 unspecified atom stereocenters. The van der Waals surface area contributed by atoms with E-state index in [2.05, 4.69) is 0 Å². The first kappa shape index (κ1) is 31.4. The molecule has 11 nitrogen and oxygen atoms in total. The maximum absolute atomic E-state index is 13.8. The van der Waals surface area contributed by atoms with Crippen molar-refractivity contribution in [3.63, 3.8) is 0 Å². The molecule has 2 aromatic rings. The summed E-state index contributed by atoms with van der Waals surface area (Å²) in [5, 5.41) is 45.2. The molecule has 12 heteroatoms. The van der Waals surface area contributed by atoms with Gasteiger partial charge in [-0.2, -0.15) is 11.8 Å². The van der Waals surface area contributed by atoms with Gasteiger partial charge >= 0.3 is 0 Å². The lowest BCUT2D eigenvalue weighted by molar-refractivity contribution is -0.247. The van der Waals surface area contributed by atoms with E-state index in [-0.39, 0.29) is 46.6 Å². The fourth-order valence-electron chi connectivity index (χ4n) is 6.15. The lowest BCUT2D eigenvalue weighted by Gasteiger charge is -2.42. The van der Waals surface area contributed by atoms with Crippen molar-refractivity contribution in [2.75, 3.05) is 18.6 Å². The minimum absolute atomic E-state index is 0.00842. The largest absolute Gasteiger partial charge is 0.507 e. The second-order valence-electron chi connectivity index (χ2n) is 11.4. The van der Waals surface area contributed by atoms with Gasteiger partial charge in [0.2, 0.25) is 5.78 Å². The van der Waals surface area contributed by atoms with E-state index in [1.165, 1.54) is 37.1 Å². The van der Waals surface area contributed by atoms with Gasteiger partial charge < -0.3 is 40.4 Å². The molecule has 3 aliphatic rings. The molecule has 0 amide bonds. The zero-order chi connectivity index (χ0) is 31.2. The molecule has 0 radical (unpaired) electrons. The van der Waals surface area contributed by atoms with Gasteiger partial charge in [-0.25, -0.2) is 0 Å². The molecular weight excluding hydrogens is 578 g/mol. The normalized spacial score (nSPS) is 28.2. The van der Waals surface area contributed by atoms with Gasteiger partial charge in [-0.1, -0.05) is 25.5 Å². The number of aliphatic hydroxyl groups is 2. The fourth-order valence-corrected chi connectivity index (χ4v) is 7.24. The summed E-state index contributed by atoms with van der Waals surface area (Å²) in [5.74, 6) is -2.28. The molecular formula is C31H37NO10S. The van der Waals surface area contributed by atoms with Gasteiger partial charge in [0, 0.05) is 42.0 Å². The Bertz CT molecular complexity index is 1450. The molecule has 2 aromatic carbocycles. The average molecular weight is 616 g/mol. The van der Waals surface area contributed by atoms with E-state index in [4.69, 9.17) is 19.9 Å². The van der Waals surface area contributed by atoms with Gasteiger partial charge in [-0.15, -0.1) is 0 Å². The van der Waals surface area contributed by atoms with Crippen LogP contribution >= 0.6 is 11.8 Å². The molecule has 0 spiro atoms. The van der Waals surface area contributed by atoms with Gasteiger partial charge in [0.25, 0.3) is 0 Å². The van der Waals surface area contributed by atoms with E-state index in [1.54, 1.807) is 6.92 Å². The topological polar surface area (TPSA) is 186 Å². The molecule has 5 rings (SSSR count). The Balaban J connectivity index is 1.62. The van der Waals surface area contributed by atoms with Crippen LogP contribution in [0.25, 0.3) is 0 Å². The molecule has 6 atom stereocenters. The fraction of sp³-hybridized carbons (Fsp3) is 0.516. The number of carbonyl (C=O) groups is 3. The van der Waals surface area contributed by atoms with E-state index in [0.29, 0.717) is 0 Å². The Morgan fingerprint density at radius 2 is 1.88 bits per heavy atom. The van der Waals surface area contributed by atoms with Crippen molar-refractivity contribution in [1.29, 1.82) is 0 Å². The van der Waals surface area contributed by atoms with Crippen LogP contribution in [0, 0.1) is 0 Å². The molecule has 1 aliphatic heterocycles. The minimum atomic E-state index is -2.01. The van der Waals surface area contributed by atoms with Crippen LogP contribution in [0.2, 0.25) is 0 Å². The first-order valence-electron chi connectivity index (χ1n) is 14.4. The van der Waals surface area contributed by atoms with Crippen LogP contribution in [0.5, 0.6) is 17.2 Å². The van der Waals surface area contributed by atoms with Crippen molar-refractivity contribution < 1.29 is 49.0 Å². The minimum Gasteiger partial charge on any atom is -0.507 e. The van der Waals surface area contributed by atoms with Crippen LogP contribution in [-0.4, -0.2) is 86.5 Å². The van der Waals surface area contributed by atoms with Gasteiger partial charge in [0.05, 0.1) is 47.9 Å². The summed E-state index contributed by atoms with van der Waals surface area (Å²) in [5.41, 5.74) is 3.10. The summed E-state index contributed by atoms with van der Waals surface area (Å²) in [6, 6.07) is 3.78. The summed E-state index contributed by atoms with van der Waals surface area (Å²) in [6.07, 6.45) is -2.68. The lowest BCUT2D eigenvalue weighted by atomic mass is 9.72. The first-order chi connectivity index (χ1) is 20.4. The number of methoxy groups -OCH3 is 1. The number of thioether (sulfide) groups is 1. The maximum atomic E-state index is 13.8. The number of benzene rings is 2. The van der Waals surface area contributed by atoms with E-state index in [1.807, 2.05) is 6.92 Å². The number of nitrogens with two attached hydrogens (primary N) is 1. The number of carbonyl (C=O) groups excluding carboxylic acids is 3. The highest BCUT2D eigenvalue weighted by atomic mass is 32.2. The molecule has 2 aliphatic carbocycles. The second-order valence-corrected chi connectivity index (χ2v) is 12.5. The number of hydrogen-bond acceptors (Lipinski definition) is 12. The summed E-state index contributed by atoms with van der Waals surface area (Å²) in [4.78, 5) is 40.9. The molecule has 6 N–H and O–H groups in total. The Hall–Kier alpha value is -3.00. The number of ketones is 3. The highest BCUT2D eigenvalue weighted by Gasteiger charge is 2.50. The van der Waals surface area contributed by atoms with Crippen LogP contribution in [0.3, 0.4) is 0 Å². The lowest BCUT2D eigenvalue weighted by Crippen LogP contribution is -2.53. The van der Waals surface area contributed by atoms with Gasteiger partial charge in [0.15, 0.2) is 17.9 Å². The number of phenolic OH excluding ortho intramolecular Hbond substituents is 2. The van der Waals surface area contributed by atoms with Crippen LogP contribution < -0.4 is 10.5 Å². The third-order valence-corrected chi connectivity index (χ3v) is 9.58. The molecule has 1 saturated heterocycles. The van der Waals surface area contributed by atoms with Crippen molar-refractivity contribution in [3.8, 4) is 17.2 Å². The van der Waals surface area contributed by atoms with Crippen LogP contribution in [0.4, 0.5) is 0 Å². The van der Waals surface area contributed by atoms with Crippen LogP contribution in [0.15, 0.2) is 18.2 Å². The first-order valence-corrected chi connectivity index (χ1v) is 15.5. The van der Waals surface area contributed by atoms with Gasteiger partial charge in [0.1, 0.15) is 22.8 Å². The maximum Gasteiger partial charge on any atom is 0.202 e. The smallest absolute Gasteiger partial charge is 0.202 e. The number of aliphatic hydroxyl groups excluding tert-OH is 1. The summed E-state index contributed by atoms with van der Waals surface area (Å²) < 4.78 is 17.3. The third kappa shape index (κ3) is 5.45. The van der Waals surface area contributed by atoms with Crippen molar-refractivity contribution in [3.05, 3.63) is 51.6 Å². The molecule has 0 aromatic heterocycles. The number of aromatic hydroxyl groups is 2. The summed E-state index contributed by atoms with van der Waals surface area (Å²) in [6.45, 7) is 3.66. The van der Waals surface area contributed by atoms with Crippen LogP contribution in [0.1, 0.15) is 88.6 Å². The standard InChI is InChI=1S/C31H37NO10S/c1-4-5-9-43-13-20(33)31(39)11-16-23(19(12-31)42-21-10-17(32)26(34)14(2)41-21)30(38)25-24(28(16)36)27(35)15-7-6-8-18(40-3)22(15)29(25)37/h6-8,14,17,19,21,26,34,36,38-39H,4-5,9-13,32H2,1-3H3/t14?,17?,19-,21?,26?,31-/m0/s1. The van der Waals surface area contributed by atoms with E-state index in [0.717, 1.165) is 18.6 Å². The molecule has 0 bridgehead atoms. The number of rotatable bonds is 9. The number of phenols is 2. The van der Waals surface area contributed by atoms with Crippen molar-refractivity contribution in [2.24, 2.45) is 5.73 Å². The third-order valence-electron chi connectivity index (χ3n) is 8.54. The number of fused-ring (bicyclic) bond motifs is 3. The van der Waals surface area contributed by atoms with Gasteiger partial charge in [-0.3, -0.25) is 14.4 Å². The highest BCUT2D eigenvalue weighted by molar-refractivity contribution is 7.99. The monoisotopic (exact) mass is 615 g/mol. The quantitative estimate of drug-likeness (QED) is 0.175. The molecule has 1 fully saturated rings. The summed E-state index contributed by atoms with van der Waals surface area (Å²) in [7, 11) is 1.35. The second kappa shape index (κ2) is 12.2. The number of unbranched alkanes of at least 4 members (excludes halogenated alkanes) is 1. The van der Waals surface area contributed by atoms with Crippen molar-refractivity contribution in [1.82, 2.24) is 0 Å². The van der Waals surface area contributed by atoms with E-state index in [9.17, 15) is 34.8 Å². The zero-order valence-electron chi connectivity index (χ0n) is 24.3. The van der Waals surface area contributed by atoms with E-state index >= 15 is 0 Å². The van der Waals surface area contributed by atoms with E-state index < -0.39 is 82.6 Å². The number of ether oxygens (including phenoxy) is 3.